The second-order valence-corrected chi connectivity index (χ2v) is 3.13. The van der Waals surface area contributed by atoms with Gasteiger partial charge in [0.15, 0.2) is 0 Å². The van der Waals surface area contributed by atoms with E-state index in [9.17, 15) is 19.2 Å². The summed E-state index contributed by atoms with van der Waals surface area (Å²) in [5.74, 6) is -3.71. The lowest BCUT2D eigenvalue weighted by Crippen LogP contribution is -2.42. The van der Waals surface area contributed by atoms with Gasteiger partial charge in [-0.15, -0.1) is 0 Å². The molecule has 0 aromatic rings. The minimum atomic E-state index is -1.30. The summed E-state index contributed by atoms with van der Waals surface area (Å²) < 4.78 is 0. The highest BCUT2D eigenvalue weighted by Crippen LogP contribution is 1.94. The van der Waals surface area contributed by atoms with Crippen molar-refractivity contribution in [2.24, 2.45) is 0 Å². The van der Waals surface area contributed by atoms with E-state index in [2.05, 4.69) is 27.7 Å². The zero-order valence-electron chi connectivity index (χ0n) is 8.68. The second-order valence-electron chi connectivity index (χ2n) is 2.77. The van der Waals surface area contributed by atoms with Gasteiger partial charge in [-0.25, -0.2) is 19.4 Å². The van der Waals surface area contributed by atoms with E-state index in [1.165, 1.54) is 6.92 Å². The van der Waals surface area contributed by atoms with Crippen LogP contribution in [-0.4, -0.2) is 35.4 Å². The summed E-state index contributed by atoms with van der Waals surface area (Å²) >= 11 is 3.79. The van der Waals surface area contributed by atoms with E-state index >= 15 is 0 Å². The molecule has 0 bridgehead atoms. The highest BCUT2D eigenvalue weighted by molar-refractivity contribution is 7.80. The van der Waals surface area contributed by atoms with Crippen molar-refractivity contribution in [3.8, 4) is 0 Å². The van der Waals surface area contributed by atoms with E-state index in [1.54, 1.807) is 0 Å². The molecule has 90 valence electrons. The van der Waals surface area contributed by atoms with E-state index in [0.717, 1.165) is 6.92 Å². The number of ketones is 1. The third-order valence-corrected chi connectivity index (χ3v) is 1.70. The molecular weight excluding hydrogens is 238 g/mol. The number of hydrogen-bond acceptors (Lipinski definition) is 7. The Labute approximate surface area is 96.8 Å². The Balaban J connectivity index is 4.17. The third-order valence-electron chi connectivity index (χ3n) is 1.33. The zero-order chi connectivity index (χ0) is 12.7. The van der Waals surface area contributed by atoms with Crippen LogP contribution in [0.4, 0.5) is 0 Å². The molecule has 0 fully saturated rings. The Hall–Kier alpha value is -1.57. The monoisotopic (exact) mass is 249 g/mol. The number of amides is 1. The van der Waals surface area contributed by atoms with Crippen molar-refractivity contribution in [1.29, 1.82) is 0 Å². The number of hydrogen-bond donors (Lipinski definition) is 2. The molecule has 0 heterocycles. The first kappa shape index (κ1) is 14.4. The van der Waals surface area contributed by atoms with Crippen LogP contribution >= 0.6 is 12.6 Å². The van der Waals surface area contributed by atoms with Crippen molar-refractivity contribution in [2.75, 3.05) is 5.75 Å². The number of thiol groups is 1. The van der Waals surface area contributed by atoms with Gasteiger partial charge >= 0.3 is 11.9 Å². The summed E-state index contributed by atoms with van der Waals surface area (Å²) in [5, 5.41) is 2.22. The van der Waals surface area contributed by atoms with Crippen LogP contribution in [0.15, 0.2) is 0 Å². The van der Waals surface area contributed by atoms with E-state index < -0.39 is 29.7 Å². The summed E-state index contributed by atoms with van der Waals surface area (Å²) in [6, 6.07) is -1.04. The zero-order valence-corrected chi connectivity index (χ0v) is 9.58. The molecule has 0 aliphatic carbocycles. The molecule has 0 aromatic heterocycles. The molecule has 7 nitrogen and oxygen atoms in total. The average Bonchev–Trinajstić information content (AvgIpc) is 2.21. The van der Waals surface area contributed by atoms with Crippen LogP contribution in [0.25, 0.3) is 0 Å². The quantitative estimate of drug-likeness (QED) is 0.287. The molecule has 0 aliphatic heterocycles. The van der Waals surface area contributed by atoms with E-state index in [4.69, 9.17) is 0 Å². The molecule has 0 radical (unpaired) electrons. The lowest BCUT2D eigenvalue weighted by Gasteiger charge is -2.11. The van der Waals surface area contributed by atoms with Gasteiger partial charge in [0.05, 0.1) is 0 Å². The van der Waals surface area contributed by atoms with Gasteiger partial charge in [0.25, 0.3) is 0 Å². The molecule has 0 saturated carbocycles. The summed E-state index contributed by atoms with van der Waals surface area (Å²) in [4.78, 5) is 50.8. The Bertz CT molecular complexity index is 316. The lowest BCUT2D eigenvalue weighted by molar-refractivity contribution is -0.257. The molecular formula is C8H11NO6S. The first-order chi connectivity index (χ1) is 7.38. The number of carbonyl (C=O) groups is 4. The number of nitrogens with one attached hydrogen (secondary N) is 1. The highest BCUT2D eigenvalue weighted by atomic mass is 32.1. The van der Waals surface area contributed by atoms with Gasteiger partial charge in [-0.3, -0.25) is 9.59 Å². The first-order valence-electron chi connectivity index (χ1n) is 4.19. The molecule has 8 heteroatoms. The van der Waals surface area contributed by atoms with Crippen molar-refractivity contribution in [2.45, 2.75) is 19.9 Å². The van der Waals surface area contributed by atoms with Crippen molar-refractivity contribution >= 4 is 36.3 Å². The molecule has 0 aliphatic rings. The minimum Gasteiger partial charge on any atom is -0.342 e. The molecule has 0 spiro atoms. The maximum Gasteiger partial charge on any atom is 0.421 e. The van der Waals surface area contributed by atoms with Gasteiger partial charge in [-0.05, 0) is 0 Å². The third kappa shape index (κ3) is 5.35. The van der Waals surface area contributed by atoms with Crippen LogP contribution in [0.5, 0.6) is 0 Å². The SMILES string of the molecule is CC(=O)NC(CS)C(=O)OOC(=O)C(C)=O. The van der Waals surface area contributed by atoms with Crippen LogP contribution in [0, 0.1) is 0 Å². The van der Waals surface area contributed by atoms with Gasteiger partial charge in [-0.2, -0.15) is 12.6 Å². The molecule has 1 atom stereocenters. The van der Waals surface area contributed by atoms with Gasteiger partial charge in [0, 0.05) is 19.6 Å². The van der Waals surface area contributed by atoms with Crippen LogP contribution < -0.4 is 5.32 Å². The number of carbonyl (C=O) groups excluding carboxylic acids is 4. The number of Topliss-reactive ketones (excluding diaryl/α,β-unsaturated/α-hetero) is 1. The fourth-order valence-electron chi connectivity index (χ4n) is 0.620. The largest absolute Gasteiger partial charge is 0.421 e. The normalized spacial score (nSPS) is 11.2. The summed E-state index contributed by atoms with van der Waals surface area (Å²) in [6.45, 7) is 2.16. The predicted molar refractivity (Wildman–Crippen MR) is 54.3 cm³/mol. The highest BCUT2D eigenvalue weighted by Gasteiger charge is 2.23. The Morgan fingerprint density at radius 2 is 1.75 bits per heavy atom. The fourth-order valence-corrected chi connectivity index (χ4v) is 0.860. The van der Waals surface area contributed by atoms with E-state index in [0.29, 0.717) is 0 Å². The molecule has 16 heavy (non-hydrogen) atoms. The van der Waals surface area contributed by atoms with Gasteiger partial charge < -0.3 is 5.32 Å². The van der Waals surface area contributed by atoms with Crippen molar-refractivity contribution in [3.05, 3.63) is 0 Å². The predicted octanol–water partition coefficient (Wildman–Crippen LogP) is -0.989. The van der Waals surface area contributed by atoms with E-state index in [1.807, 2.05) is 0 Å². The average molecular weight is 249 g/mol. The Morgan fingerprint density at radius 1 is 1.19 bits per heavy atom. The summed E-state index contributed by atoms with van der Waals surface area (Å²) in [5.41, 5.74) is 0. The van der Waals surface area contributed by atoms with E-state index in [-0.39, 0.29) is 5.75 Å². The molecule has 0 aromatic carbocycles. The maximum absolute atomic E-state index is 11.2. The maximum atomic E-state index is 11.2. The topological polar surface area (TPSA) is 98.8 Å². The van der Waals surface area contributed by atoms with Gasteiger partial charge in [0.2, 0.25) is 11.7 Å². The van der Waals surface area contributed by atoms with Gasteiger partial charge in [-0.1, -0.05) is 0 Å². The van der Waals surface area contributed by atoms with Crippen molar-refractivity contribution in [1.82, 2.24) is 5.32 Å². The lowest BCUT2D eigenvalue weighted by atomic mass is 10.3. The molecule has 0 saturated heterocycles. The molecule has 1 amide bonds. The second kappa shape index (κ2) is 6.83. The van der Waals surface area contributed by atoms with Crippen LogP contribution in [0.3, 0.4) is 0 Å². The van der Waals surface area contributed by atoms with Gasteiger partial charge in [0.1, 0.15) is 6.04 Å². The fraction of sp³-hybridized carbons (Fsp3) is 0.500. The summed E-state index contributed by atoms with van der Waals surface area (Å²) in [6.07, 6.45) is 0. The van der Waals surface area contributed by atoms with Crippen LogP contribution in [0.2, 0.25) is 0 Å². The first-order valence-corrected chi connectivity index (χ1v) is 4.83. The standard InChI is InChI=1S/C8H11NO6S/c1-4(10)7(12)14-15-8(13)6(3-16)9-5(2)11/h6,16H,3H2,1-2H3,(H,9,11). The Kier molecular flexibility index (Phi) is 6.16. The Morgan fingerprint density at radius 3 is 2.12 bits per heavy atom. The molecule has 1 N–H and O–H groups in total. The van der Waals surface area contributed by atoms with Crippen molar-refractivity contribution in [3.63, 3.8) is 0 Å². The summed E-state index contributed by atoms with van der Waals surface area (Å²) in [7, 11) is 0. The van der Waals surface area contributed by atoms with Crippen LogP contribution in [0.1, 0.15) is 13.8 Å². The smallest absolute Gasteiger partial charge is 0.342 e. The van der Waals surface area contributed by atoms with Crippen molar-refractivity contribution < 1.29 is 29.0 Å². The molecule has 1 unspecified atom stereocenters. The number of rotatable bonds is 4. The molecule has 0 rings (SSSR count). The van der Waals surface area contributed by atoms with Crippen LogP contribution in [-0.2, 0) is 29.0 Å². The minimum absolute atomic E-state index is 0.0317.